The molecule has 0 aromatic heterocycles. The summed E-state index contributed by atoms with van der Waals surface area (Å²) in [5.74, 6) is 2.68. The standard InChI is InChI=1S/C21H30/c1-2-9-16(8-1)19-14-7-15-20(17-10-3-4-11-17)21(19)18-12-5-6-13-18/h7,14-18H,1-6,8-13H2. The van der Waals surface area contributed by atoms with Crippen molar-refractivity contribution < 1.29 is 0 Å². The van der Waals surface area contributed by atoms with Gasteiger partial charge in [0.05, 0.1) is 0 Å². The van der Waals surface area contributed by atoms with E-state index in [1.54, 1.807) is 11.1 Å². The molecule has 0 atom stereocenters. The van der Waals surface area contributed by atoms with Crippen LogP contribution in [-0.4, -0.2) is 0 Å². The summed E-state index contributed by atoms with van der Waals surface area (Å²) in [6.07, 6.45) is 17.5. The number of hydrogen-bond acceptors (Lipinski definition) is 0. The van der Waals surface area contributed by atoms with Crippen LogP contribution in [-0.2, 0) is 0 Å². The molecule has 4 rings (SSSR count). The summed E-state index contributed by atoms with van der Waals surface area (Å²) >= 11 is 0. The fraction of sp³-hybridized carbons (Fsp3) is 0.714. The second-order valence-corrected chi connectivity index (χ2v) is 7.79. The highest BCUT2D eigenvalue weighted by Crippen LogP contribution is 2.47. The van der Waals surface area contributed by atoms with Gasteiger partial charge in [-0.25, -0.2) is 0 Å². The summed E-state index contributed by atoms with van der Waals surface area (Å²) in [5, 5.41) is 0. The van der Waals surface area contributed by atoms with Gasteiger partial charge in [0, 0.05) is 0 Å². The van der Waals surface area contributed by atoms with Crippen molar-refractivity contribution in [1.29, 1.82) is 0 Å². The zero-order valence-electron chi connectivity index (χ0n) is 13.4. The van der Waals surface area contributed by atoms with Crippen LogP contribution >= 0.6 is 0 Å². The topological polar surface area (TPSA) is 0 Å². The molecule has 0 N–H and O–H groups in total. The molecular formula is C21H30. The van der Waals surface area contributed by atoms with E-state index in [0.717, 1.165) is 17.8 Å². The van der Waals surface area contributed by atoms with E-state index in [2.05, 4.69) is 18.2 Å². The molecule has 3 aliphatic rings. The predicted molar refractivity (Wildman–Crippen MR) is 90.1 cm³/mol. The van der Waals surface area contributed by atoms with Crippen molar-refractivity contribution in [3.63, 3.8) is 0 Å². The van der Waals surface area contributed by atoms with E-state index in [1.165, 1.54) is 77.0 Å². The second kappa shape index (κ2) is 6.15. The van der Waals surface area contributed by atoms with E-state index in [9.17, 15) is 0 Å². The van der Waals surface area contributed by atoms with Crippen molar-refractivity contribution in [3.8, 4) is 0 Å². The van der Waals surface area contributed by atoms with Crippen molar-refractivity contribution in [2.45, 2.75) is 94.8 Å². The summed E-state index contributed by atoms with van der Waals surface area (Å²) in [7, 11) is 0. The van der Waals surface area contributed by atoms with Gasteiger partial charge in [0.15, 0.2) is 0 Å². The quantitative estimate of drug-likeness (QED) is 0.581. The third kappa shape index (κ3) is 2.67. The van der Waals surface area contributed by atoms with Crippen LogP contribution in [0.15, 0.2) is 18.2 Å². The number of benzene rings is 1. The molecule has 0 radical (unpaired) electrons. The van der Waals surface area contributed by atoms with Crippen molar-refractivity contribution in [2.24, 2.45) is 0 Å². The molecule has 0 bridgehead atoms. The molecule has 0 nitrogen and oxygen atoms in total. The first kappa shape index (κ1) is 13.9. The van der Waals surface area contributed by atoms with Gasteiger partial charge in [0.25, 0.3) is 0 Å². The molecule has 1 aromatic carbocycles. The molecule has 0 aliphatic heterocycles. The minimum atomic E-state index is 0.891. The summed E-state index contributed by atoms with van der Waals surface area (Å²) < 4.78 is 0. The molecule has 114 valence electrons. The molecule has 0 amide bonds. The molecule has 3 aliphatic carbocycles. The Bertz CT molecular complexity index is 435. The van der Waals surface area contributed by atoms with Crippen molar-refractivity contribution in [2.75, 3.05) is 0 Å². The fourth-order valence-electron chi connectivity index (χ4n) is 5.47. The Morgan fingerprint density at radius 1 is 0.524 bits per heavy atom. The molecule has 0 saturated heterocycles. The van der Waals surface area contributed by atoms with Crippen LogP contribution in [0.1, 0.15) is 111 Å². The Labute approximate surface area is 130 Å². The van der Waals surface area contributed by atoms with Crippen molar-refractivity contribution in [1.82, 2.24) is 0 Å². The molecule has 0 heteroatoms. The third-order valence-corrected chi connectivity index (χ3v) is 6.53. The summed E-state index contributed by atoms with van der Waals surface area (Å²) in [5.41, 5.74) is 5.42. The highest BCUT2D eigenvalue weighted by Gasteiger charge is 2.30. The number of hydrogen-bond donors (Lipinski definition) is 0. The molecule has 0 spiro atoms. The minimum Gasteiger partial charge on any atom is -0.0617 e. The molecule has 0 unspecified atom stereocenters. The lowest BCUT2D eigenvalue weighted by Gasteiger charge is -2.26. The molecule has 21 heavy (non-hydrogen) atoms. The zero-order valence-corrected chi connectivity index (χ0v) is 13.4. The van der Waals surface area contributed by atoms with E-state index >= 15 is 0 Å². The van der Waals surface area contributed by atoms with Gasteiger partial charge in [-0.1, -0.05) is 56.7 Å². The monoisotopic (exact) mass is 282 g/mol. The summed E-state index contributed by atoms with van der Waals surface area (Å²) in [4.78, 5) is 0. The van der Waals surface area contributed by atoms with Crippen LogP contribution in [0.2, 0.25) is 0 Å². The maximum Gasteiger partial charge on any atom is -0.0156 e. The SMILES string of the molecule is c1cc(C2CCCC2)c(C2CCCC2)c(C2CCCC2)c1. The average molecular weight is 282 g/mol. The van der Waals surface area contributed by atoms with Crippen LogP contribution in [0.25, 0.3) is 0 Å². The van der Waals surface area contributed by atoms with Crippen molar-refractivity contribution in [3.05, 3.63) is 34.9 Å². The first-order valence-electron chi connectivity index (χ1n) is 9.56. The van der Waals surface area contributed by atoms with Crippen LogP contribution in [0.3, 0.4) is 0 Å². The van der Waals surface area contributed by atoms with Gasteiger partial charge in [-0.05, 0) is 73.0 Å². The minimum absolute atomic E-state index is 0.891. The van der Waals surface area contributed by atoms with Gasteiger partial charge in [0.1, 0.15) is 0 Å². The van der Waals surface area contributed by atoms with E-state index in [4.69, 9.17) is 0 Å². The lowest BCUT2D eigenvalue weighted by molar-refractivity contribution is 0.632. The van der Waals surface area contributed by atoms with E-state index < -0.39 is 0 Å². The third-order valence-electron chi connectivity index (χ3n) is 6.53. The first-order valence-corrected chi connectivity index (χ1v) is 9.56. The van der Waals surface area contributed by atoms with Crippen molar-refractivity contribution >= 4 is 0 Å². The van der Waals surface area contributed by atoms with E-state index in [-0.39, 0.29) is 0 Å². The molecule has 3 saturated carbocycles. The molecule has 0 heterocycles. The zero-order chi connectivity index (χ0) is 14.1. The molecule has 3 fully saturated rings. The number of rotatable bonds is 3. The Hall–Kier alpha value is -0.780. The maximum atomic E-state index is 2.50. The van der Waals surface area contributed by atoms with Crippen LogP contribution in [0.4, 0.5) is 0 Å². The van der Waals surface area contributed by atoms with Crippen LogP contribution in [0.5, 0.6) is 0 Å². The Kier molecular flexibility index (Phi) is 4.05. The smallest absolute Gasteiger partial charge is 0.0156 e. The van der Waals surface area contributed by atoms with E-state index in [0.29, 0.717) is 0 Å². The molecular weight excluding hydrogens is 252 g/mol. The lowest BCUT2D eigenvalue weighted by Crippen LogP contribution is -2.09. The van der Waals surface area contributed by atoms with Gasteiger partial charge >= 0.3 is 0 Å². The Balaban J connectivity index is 1.75. The van der Waals surface area contributed by atoms with Gasteiger partial charge in [-0.2, -0.15) is 0 Å². The Morgan fingerprint density at radius 2 is 0.905 bits per heavy atom. The van der Waals surface area contributed by atoms with Crippen LogP contribution < -0.4 is 0 Å². The van der Waals surface area contributed by atoms with Crippen LogP contribution in [0, 0.1) is 0 Å². The highest BCUT2D eigenvalue weighted by atomic mass is 14.3. The van der Waals surface area contributed by atoms with Gasteiger partial charge in [-0.3, -0.25) is 0 Å². The largest absolute Gasteiger partial charge is 0.0617 e. The predicted octanol–water partition coefficient (Wildman–Crippen LogP) is 6.66. The summed E-state index contributed by atoms with van der Waals surface area (Å²) in [6.45, 7) is 0. The Morgan fingerprint density at radius 3 is 1.33 bits per heavy atom. The van der Waals surface area contributed by atoms with Gasteiger partial charge < -0.3 is 0 Å². The highest BCUT2D eigenvalue weighted by molar-refractivity contribution is 5.43. The molecule has 1 aromatic rings. The first-order chi connectivity index (χ1) is 10.4. The summed E-state index contributed by atoms with van der Waals surface area (Å²) in [6, 6.07) is 7.39. The average Bonchev–Trinajstić information content (AvgIpc) is 3.28. The maximum absolute atomic E-state index is 2.50. The lowest BCUT2D eigenvalue weighted by atomic mass is 9.79. The van der Waals surface area contributed by atoms with E-state index in [1.807, 2.05) is 5.56 Å². The van der Waals surface area contributed by atoms with Gasteiger partial charge in [-0.15, -0.1) is 0 Å². The van der Waals surface area contributed by atoms with Gasteiger partial charge in [0.2, 0.25) is 0 Å². The normalized spacial score (nSPS) is 25.1. The fourth-order valence-corrected chi connectivity index (χ4v) is 5.47. The second-order valence-electron chi connectivity index (χ2n) is 7.79.